The van der Waals surface area contributed by atoms with Gasteiger partial charge in [-0.25, -0.2) is 9.97 Å². The van der Waals surface area contributed by atoms with Crippen LogP contribution in [0.2, 0.25) is 0 Å². The SMILES string of the molecule is Cc1ccc(CN2CCCC[C@H]2c2ccnc(N)n2)cc1. The molecule has 2 heterocycles. The van der Waals surface area contributed by atoms with Gasteiger partial charge >= 0.3 is 0 Å². The van der Waals surface area contributed by atoms with Crippen LogP contribution >= 0.6 is 0 Å². The van der Waals surface area contributed by atoms with E-state index in [4.69, 9.17) is 5.73 Å². The van der Waals surface area contributed by atoms with Crippen LogP contribution in [0.15, 0.2) is 36.5 Å². The number of aryl methyl sites for hydroxylation is 1. The zero-order valence-corrected chi connectivity index (χ0v) is 12.5. The van der Waals surface area contributed by atoms with Crippen LogP contribution < -0.4 is 5.73 Å². The lowest BCUT2D eigenvalue weighted by molar-refractivity contribution is 0.137. The molecule has 0 saturated carbocycles. The summed E-state index contributed by atoms with van der Waals surface area (Å²) in [5.74, 6) is 0.369. The number of piperidine rings is 1. The molecule has 1 aliphatic rings. The third-order valence-electron chi connectivity index (χ3n) is 4.16. The maximum atomic E-state index is 5.74. The average molecular weight is 282 g/mol. The van der Waals surface area contributed by atoms with E-state index in [2.05, 4.69) is 46.1 Å². The first-order valence-corrected chi connectivity index (χ1v) is 7.60. The first-order valence-electron chi connectivity index (χ1n) is 7.60. The van der Waals surface area contributed by atoms with E-state index in [1.807, 2.05) is 6.07 Å². The van der Waals surface area contributed by atoms with E-state index in [1.165, 1.54) is 24.0 Å². The van der Waals surface area contributed by atoms with E-state index >= 15 is 0 Å². The second kappa shape index (κ2) is 6.22. The third kappa shape index (κ3) is 3.39. The summed E-state index contributed by atoms with van der Waals surface area (Å²) in [6.45, 7) is 4.20. The number of likely N-dealkylation sites (tertiary alicyclic amines) is 1. The van der Waals surface area contributed by atoms with Crippen LogP contribution in [-0.2, 0) is 6.54 Å². The molecule has 110 valence electrons. The molecule has 0 unspecified atom stereocenters. The Morgan fingerprint density at radius 1 is 1.19 bits per heavy atom. The zero-order chi connectivity index (χ0) is 14.7. The molecule has 0 spiro atoms. The molecule has 1 aliphatic heterocycles. The van der Waals surface area contributed by atoms with Crippen molar-refractivity contribution in [1.29, 1.82) is 0 Å². The minimum Gasteiger partial charge on any atom is -0.368 e. The molecule has 3 rings (SSSR count). The summed E-state index contributed by atoms with van der Waals surface area (Å²) >= 11 is 0. The number of benzene rings is 1. The summed E-state index contributed by atoms with van der Waals surface area (Å²) in [5, 5.41) is 0. The van der Waals surface area contributed by atoms with Gasteiger partial charge in [-0.1, -0.05) is 36.2 Å². The van der Waals surface area contributed by atoms with E-state index in [1.54, 1.807) is 6.20 Å². The Balaban J connectivity index is 1.79. The quantitative estimate of drug-likeness (QED) is 0.940. The predicted octanol–water partition coefficient (Wildman–Crippen LogP) is 3.09. The molecular formula is C17H22N4. The smallest absolute Gasteiger partial charge is 0.220 e. The van der Waals surface area contributed by atoms with Crippen LogP contribution in [0.1, 0.15) is 42.1 Å². The number of hydrogen-bond acceptors (Lipinski definition) is 4. The molecule has 1 saturated heterocycles. The number of rotatable bonds is 3. The fraction of sp³-hybridized carbons (Fsp3) is 0.412. The first kappa shape index (κ1) is 14.0. The van der Waals surface area contributed by atoms with Crippen molar-refractivity contribution in [1.82, 2.24) is 14.9 Å². The van der Waals surface area contributed by atoms with Gasteiger partial charge in [-0.15, -0.1) is 0 Å². The maximum absolute atomic E-state index is 5.74. The fourth-order valence-electron chi connectivity index (χ4n) is 3.02. The number of nitrogens with zero attached hydrogens (tertiary/aromatic N) is 3. The Kier molecular flexibility index (Phi) is 4.15. The second-order valence-electron chi connectivity index (χ2n) is 5.81. The Labute approximate surface area is 126 Å². The standard InChI is InChI=1S/C17H22N4/c1-13-5-7-14(8-6-13)12-21-11-3-2-4-16(21)15-9-10-19-17(18)20-15/h5-10,16H,2-4,11-12H2,1H3,(H2,18,19,20)/t16-/m0/s1. The molecule has 1 atom stereocenters. The van der Waals surface area contributed by atoms with Crippen LogP contribution in [0.25, 0.3) is 0 Å². The second-order valence-corrected chi connectivity index (χ2v) is 5.81. The molecule has 0 radical (unpaired) electrons. The van der Waals surface area contributed by atoms with Crippen LogP contribution in [0, 0.1) is 6.92 Å². The summed E-state index contributed by atoms with van der Waals surface area (Å²) in [5.41, 5.74) is 9.45. The van der Waals surface area contributed by atoms with Crippen molar-refractivity contribution < 1.29 is 0 Å². The molecule has 1 aromatic carbocycles. The van der Waals surface area contributed by atoms with Gasteiger partial charge in [0.25, 0.3) is 0 Å². The molecule has 1 fully saturated rings. The first-order chi connectivity index (χ1) is 10.2. The molecule has 4 nitrogen and oxygen atoms in total. The van der Waals surface area contributed by atoms with Crippen molar-refractivity contribution in [3.05, 3.63) is 53.3 Å². The van der Waals surface area contributed by atoms with Gasteiger partial charge < -0.3 is 5.73 Å². The highest BCUT2D eigenvalue weighted by Crippen LogP contribution is 2.31. The molecule has 1 aromatic heterocycles. The van der Waals surface area contributed by atoms with Crippen molar-refractivity contribution in [2.24, 2.45) is 0 Å². The fourth-order valence-corrected chi connectivity index (χ4v) is 3.02. The average Bonchev–Trinajstić information content (AvgIpc) is 2.50. The van der Waals surface area contributed by atoms with Crippen molar-refractivity contribution in [2.75, 3.05) is 12.3 Å². The number of aromatic nitrogens is 2. The molecule has 0 bridgehead atoms. The van der Waals surface area contributed by atoms with Crippen molar-refractivity contribution in [3.63, 3.8) is 0 Å². The third-order valence-corrected chi connectivity index (χ3v) is 4.16. The van der Waals surface area contributed by atoms with E-state index < -0.39 is 0 Å². The van der Waals surface area contributed by atoms with Crippen molar-refractivity contribution in [3.8, 4) is 0 Å². The summed E-state index contributed by atoms with van der Waals surface area (Å²) in [4.78, 5) is 10.9. The van der Waals surface area contributed by atoms with Crippen LogP contribution in [0.5, 0.6) is 0 Å². The largest absolute Gasteiger partial charge is 0.368 e. The summed E-state index contributed by atoms with van der Waals surface area (Å²) in [6.07, 6.45) is 5.40. The van der Waals surface area contributed by atoms with Crippen LogP contribution in [0.3, 0.4) is 0 Å². The lowest BCUT2D eigenvalue weighted by Crippen LogP contribution is -2.33. The van der Waals surface area contributed by atoms with Gasteiger partial charge in [0.15, 0.2) is 0 Å². The van der Waals surface area contributed by atoms with Gasteiger partial charge in [0.05, 0.1) is 11.7 Å². The summed E-state index contributed by atoms with van der Waals surface area (Å²) < 4.78 is 0. The predicted molar refractivity (Wildman–Crippen MR) is 84.6 cm³/mol. The molecular weight excluding hydrogens is 260 g/mol. The van der Waals surface area contributed by atoms with Gasteiger partial charge in [-0.3, -0.25) is 4.90 Å². The van der Waals surface area contributed by atoms with Gasteiger partial charge in [-0.2, -0.15) is 0 Å². The number of hydrogen-bond donors (Lipinski definition) is 1. The van der Waals surface area contributed by atoms with Crippen LogP contribution in [-0.4, -0.2) is 21.4 Å². The molecule has 4 heteroatoms. The van der Waals surface area contributed by atoms with E-state index in [0.29, 0.717) is 12.0 Å². The van der Waals surface area contributed by atoms with Gasteiger partial charge in [0.1, 0.15) is 0 Å². The molecule has 21 heavy (non-hydrogen) atoms. The summed E-state index contributed by atoms with van der Waals surface area (Å²) in [7, 11) is 0. The van der Waals surface area contributed by atoms with Gasteiger partial charge in [0, 0.05) is 12.7 Å². The Morgan fingerprint density at radius 2 is 2.00 bits per heavy atom. The number of anilines is 1. The van der Waals surface area contributed by atoms with E-state index in [0.717, 1.165) is 25.2 Å². The van der Waals surface area contributed by atoms with Crippen molar-refractivity contribution >= 4 is 5.95 Å². The molecule has 2 aromatic rings. The van der Waals surface area contributed by atoms with Gasteiger partial charge in [-0.05, 0) is 37.9 Å². The molecule has 2 N–H and O–H groups in total. The normalized spacial score (nSPS) is 19.6. The van der Waals surface area contributed by atoms with Crippen LogP contribution in [0.4, 0.5) is 5.95 Å². The number of nitrogen functional groups attached to an aromatic ring is 1. The Bertz CT molecular complexity index is 594. The highest BCUT2D eigenvalue weighted by Gasteiger charge is 2.25. The highest BCUT2D eigenvalue weighted by atomic mass is 15.2. The minimum absolute atomic E-state index is 0.352. The zero-order valence-electron chi connectivity index (χ0n) is 12.5. The lowest BCUT2D eigenvalue weighted by atomic mass is 9.98. The molecule has 0 aliphatic carbocycles. The van der Waals surface area contributed by atoms with E-state index in [-0.39, 0.29) is 0 Å². The van der Waals surface area contributed by atoms with Crippen molar-refractivity contribution in [2.45, 2.75) is 38.8 Å². The molecule has 0 amide bonds. The Hall–Kier alpha value is -1.94. The maximum Gasteiger partial charge on any atom is 0.220 e. The lowest BCUT2D eigenvalue weighted by Gasteiger charge is -2.35. The minimum atomic E-state index is 0.352. The summed E-state index contributed by atoms with van der Waals surface area (Å²) in [6, 6.07) is 11.1. The number of nitrogens with two attached hydrogens (primary N) is 1. The monoisotopic (exact) mass is 282 g/mol. The van der Waals surface area contributed by atoms with Gasteiger partial charge in [0.2, 0.25) is 5.95 Å². The van der Waals surface area contributed by atoms with E-state index in [9.17, 15) is 0 Å². The Morgan fingerprint density at radius 3 is 2.76 bits per heavy atom. The highest BCUT2D eigenvalue weighted by molar-refractivity contribution is 5.23. The topological polar surface area (TPSA) is 55.0 Å².